The molecule has 0 spiro atoms. The molecule has 1 aromatic carbocycles. The maximum Gasteiger partial charge on any atom is 0.326 e. The molecule has 0 radical (unpaired) electrons. The van der Waals surface area contributed by atoms with Gasteiger partial charge in [0.15, 0.2) is 0 Å². The number of carboxylic acids is 1. The van der Waals surface area contributed by atoms with Crippen molar-refractivity contribution in [1.29, 1.82) is 0 Å². The lowest BCUT2D eigenvalue weighted by Gasteiger charge is -2.14. The van der Waals surface area contributed by atoms with E-state index in [-0.39, 0.29) is 17.7 Å². The molecule has 0 saturated heterocycles. The van der Waals surface area contributed by atoms with E-state index in [1.54, 1.807) is 0 Å². The van der Waals surface area contributed by atoms with Gasteiger partial charge in [-0.15, -0.1) is 0 Å². The first-order valence-corrected chi connectivity index (χ1v) is 4.87. The molecule has 0 aromatic heterocycles. The smallest absolute Gasteiger partial charge is 0.326 e. The van der Waals surface area contributed by atoms with Crippen LogP contribution in [0, 0.1) is 5.82 Å². The Labute approximate surface area is 96.9 Å². The maximum atomic E-state index is 12.9. The first-order chi connectivity index (χ1) is 7.90. The molecule has 0 aliphatic carbocycles. The fraction of sp³-hybridized carbons (Fsp3) is 0.273. The predicted octanol–water partition coefficient (Wildman–Crippen LogP) is 0.663. The lowest BCUT2D eigenvalue weighted by atomic mass is 10.0. The second-order valence-electron chi connectivity index (χ2n) is 3.57. The number of aliphatic carboxylic acids is 1. The Morgan fingerprint density at radius 2 is 2.12 bits per heavy atom. The summed E-state index contributed by atoms with van der Waals surface area (Å²) in [5.41, 5.74) is 0.131. The van der Waals surface area contributed by atoms with Gasteiger partial charge in [-0.2, -0.15) is 0 Å². The highest BCUT2D eigenvalue weighted by Gasteiger charge is 2.20. The zero-order chi connectivity index (χ0) is 13.0. The molecule has 0 bridgehead atoms. The molecule has 17 heavy (non-hydrogen) atoms. The molecule has 92 valence electrons. The highest BCUT2D eigenvalue weighted by molar-refractivity contribution is 5.82. The molecule has 1 atom stereocenters. The van der Waals surface area contributed by atoms with Gasteiger partial charge in [-0.25, -0.2) is 9.18 Å². The van der Waals surface area contributed by atoms with Crippen LogP contribution in [0.3, 0.4) is 0 Å². The Morgan fingerprint density at radius 3 is 2.65 bits per heavy atom. The number of amides is 1. The molecule has 0 heterocycles. The zero-order valence-electron chi connectivity index (χ0n) is 9.11. The van der Waals surface area contributed by atoms with Gasteiger partial charge in [0.05, 0.1) is 0 Å². The minimum atomic E-state index is -1.25. The van der Waals surface area contributed by atoms with Crippen molar-refractivity contribution in [3.63, 3.8) is 0 Å². The molecule has 5 nitrogen and oxygen atoms in total. The number of carbonyl (C=O) groups excluding carboxylic acids is 1. The summed E-state index contributed by atoms with van der Waals surface area (Å²) >= 11 is 0. The van der Waals surface area contributed by atoms with Gasteiger partial charge in [0.1, 0.15) is 17.6 Å². The van der Waals surface area contributed by atoms with Crippen LogP contribution in [0.25, 0.3) is 0 Å². The van der Waals surface area contributed by atoms with Crippen LogP contribution in [-0.4, -0.2) is 28.1 Å². The minimum absolute atomic E-state index is 0.131. The zero-order valence-corrected chi connectivity index (χ0v) is 9.11. The summed E-state index contributed by atoms with van der Waals surface area (Å²) in [5, 5.41) is 20.5. The average Bonchev–Trinajstić information content (AvgIpc) is 2.21. The summed E-state index contributed by atoms with van der Waals surface area (Å²) in [6.45, 7) is 1.18. The van der Waals surface area contributed by atoms with E-state index in [9.17, 15) is 19.1 Å². The highest BCUT2D eigenvalue weighted by Crippen LogP contribution is 2.19. The Kier molecular flexibility index (Phi) is 4.03. The molecule has 0 saturated carbocycles. The van der Waals surface area contributed by atoms with Crippen LogP contribution in [0.4, 0.5) is 4.39 Å². The van der Waals surface area contributed by atoms with Crippen molar-refractivity contribution in [2.24, 2.45) is 0 Å². The molecular weight excluding hydrogens is 229 g/mol. The molecule has 1 rings (SSSR count). The summed E-state index contributed by atoms with van der Waals surface area (Å²) in [7, 11) is 0. The van der Waals surface area contributed by atoms with E-state index < -0.39 is 23.7 Å². The minimum Gasteiger partial charge on any atom is -0.508 e. The van der Waals surface area contributed by atoms with E-state index in [0.717, 1.165) is 18.2 Å². The highest BCUT2D eigenvalue weighted by atomic mass is 19.1. The van der Waals surface area contributed by atoms with Crippen LogP contribution in [0.5, 0.6) is 5.75 Å². The SMILES string of the molecule is CC(=O)NC(Cc1cc(F)ccc1O)C(=O)O. The van der Waals surface area contributed by atoms with E-state index >= 15 is 0 Å². The topological polar surface area (TPSA) is 86.6 Å². The number of phenolic OH excluding ortho intramolecular Hbond substituents is 1. The van der Waals surface area contributed by atoms with Crippen LogP contribution < -0.4 is 5.32 Å². The number of hydrogen-bond acceptors (Lipinski definition) is 3. The number of aromatic hydroxyl groups is 1. The molecule has 0 aliphatic heterocycles. The van der Waals surface area contributed by atoms with Gasteiger partial charge in [0, 0.05) is 13.3 Å². The van der Waals surface area contributed by atoms with Crippen molar-refractivity contribution in [2.45, 2.75) is 19.4 Å². The molecule has 6 heteroatoms. The Morgan fingerprint density at radius 1 is 1.47 bits per heavy atom. The Hall–Kier alpha value is -2.11. The van der Waals surface area contributed by atoms with Crippen molar-refractivity contribution in [3.05, 3.63) is 29.6 Å². The van der Waals surface area contributed by atoms with Crippen LogP contribution in [-0.2, 0) is 16.0 Å². The Bertz CT molecular complexity index is 447. The summed E-state index contributed by atoms with van der Waals surface area (Å²) < 4.78 is 12.9. The Balaban J connectivity index is 2.89. The third-order valence-electron chi connectivity index (χ3n) is 2.14. The lowest BCUT2D eigenvalue weighted by molar-refractivity contribution is -0.141. The van der Waals surface area contributed by atoms with Crippen molar-refractivity contribution in [2.75, 3.05) is 0 Å². The van der Waals surface area contributed by atoms with E-state index in [1.807, 2.05) is 0 Å². The van der Waals surface area contributed by atoms with Crippen molar-refractivity contribution in [3.8, 4) is 5.75 Å². The third kappa shape index (κ3) is 3.75. The number of benzene rings is 1. The summed E-state index contributed by atoms with van der Waals surface area (Å²) in [4.78, 5) is 21.6. The molecule has 1 unspecified atom stereocenters. The molecule has 0 aliphatic rings. The molecule has 1 aromatic rings. The monoisotopic (exact) mass is 241 g/mol. The number of carbonyl (C=O) groups is 2. The first-order valence-electron chi connectivity index (χ1n) is 4.87. The van der Waals surface area contributed by atoms with E-state index in [2.05, 4.69) is 5.32 Å². The predicted molar refractivity (Wildman–Crippen MR) is 57.0 cm³/mol. The molecule has 0 fully saturated rings. The van der Waals surface area contributed by atoms with Gasteiger partial charge < -0.3 is 15.5 Å². The van der Waals surface area contributed by atoms with Gasteiger partial charge in [-0.1, -0.05) is 0 Å². The average molecular weight is 241 g/mol. The fourth-order valence-corrected chi connectivity index (χ4v) is 1.38. The van der Waals surface area contributed by atoms with Gasteiger partial charge in [-0.05, 0) is 23.8 Å². The first kappa shape index (κ1) is 13.0. The largest absolute Gasteiger partial charge is 0.508 e. The van der Waals surface area contributed by atoms with E-state index in [4.69, 9.17) is 5.11 Å². The van der Waals surface area contributed by atoms with Gasteiger partial charge >= 0.3 is 5.97 Å². The number of hydrogen-bond donors (Lipinski definition) is 3. The number of carboxylic acid groups (broad SMARTS) is 1. The van der Waals surface area contributed by atoms with Gasteiger partial charge in [0.25, 0.3) is 0 Å². The standard InChI is InChI=1S/C11H12FNO4/c1-6(14)13-9(11(16)17)5-7-4-8(12)2-3-10(7)15/h2-4,9,15H,5H2,1H3,(H,13,14)(H,16,17). The third-order valence-corrected chi connectivity index (χ3v) is 2.14. The lowest BCUT2D eigenvalue weighted by Crippen LogP contribution is -2.41. The molecular formula is C11H12FNO4. The second kappa shape index (κ2) is 5.29. The van der Waals surface area contributed by atoms with Crippen LogP contribution in [0.15, 0.2) is 18.2 Å². The van der Waals surface area contributed by atoms with Gasteiger partial charge in [0.2, 0.25) is 5.91 Å². The van der Waals surface area contributed by atoms with Crippen molar-refractivity contribution in [1.82, 2.24) is 5.32 Å². The molecule has 3 N–H and O–H groups in total. The number of phenols is 1. The molecule has 1 amide bonds. The quantitative estimate of drug-likeness (QED) is 0.722. The van der Waals surface area contributed by atoms with Gasteiger partial charge in [-0.3, -0.25) is 4.79 Å². The van der Waals surface area contributed by atoms with Crippen LogP contribution in [0.1, 0.15) is 12.5 Å². The van der Waals surface area contributed by atoms with Crippen molar-refractivity contribution < 1.29 is 24.2 Å². The number of rotatable bonds is 4. The number of nitrogens with one attached hydrogen (secondary N) is 1. The fourth-order valence-electron chi connectivity index (χ4n) is 1.38. The van der Waals surface area contributed by atoms with Crippen molar-refractivity contribution >= 4 is 11.9 Å². The summed E-state index contributed by atoms with van der Waals surface area (Å²) in [5.74, 6) is -2.54. The summed E-state index contributed by atoms with van der Waals surface area (Å²) in [6, 6.07) is 2.04. The van der Waals surface area contributed by atoms with Crippen LogP contribution >= 0.6 is 0 Å². The van der Waals surface area contributed by atoms with Crippen LogP contribution in [0.2, 0.25) is 0 Å². The second-order valence-corrected chi connectivity index (χ2v) is 3.57. The maximum absolute atomic E-state index is 12.9. The number of halogens is 1. The summed E-state index contributed by atoms with van der Waals surface area (Å²) in [6.07, 6.45) is -0.182. The van der Waals surface area contributed by atoms with E-state index in [1.165, 1.54) is 6.92 Å². The van der Waals surface area contributed by atoms with E-state index in [0.29, 0.717) is 0 Å². The normalized spacial score (nSPS) is 11.9.